The van der Waals surface area contributed by atoms with Gasteiger partial charge in [-0.15, -0.1) is 0 Å². The molecule has 0 saturated carbocycles. The summed E-state index contributed by atoms with van der Waals surface area (Å²) in [5, 5.41) is 0.597. The van der Waals surface area contributed by atoms with Gasteiger partial charge in [-0.05, 0) is 18.9 Å². The maximum atomic E-state index is 6.21. The Morgan fingerprint density at radius 3 is 2.89 bits per heavy atom. The number of nitrogen functional groups attached to an aromatic ring is 1. The number of fused-ring (bicyclic) bond motifs is 3. The number of aromatic nitrogens is 2. The number of rotatable bonds is 2. The summed E-state index contributed by atoms with van der Waals surface area (Å²) in [6.07, 6.45) is 5.30. The minimum absolute atomic E-state index is 0.305. The average molecular weight is 261 g/mol. The molecule has 0 aromatic carbocycles. The van der Waals surface area contributed by atoms with Gasteiger partial charge in [0.1, 0.15) is 11.4 Å². The van der Waals surface area contributed by atoms with E-state index in [1.165, 1.54) is 11.3 Å². The minimum atomic E-state index is -0.305. The van der Waals surface area contributed by atoms with E-state index < -0.39 is 0 Å². The molecule has 2 aromatic rings. The first-order valence-electron chi connectivity index (χ1n) is 6.10. The number of hydrogen-bond acceptors (Lipinski definition) is 5. The Balaban J connectivity index is 2.28. The third-order valence-corrected chi connectivity index (χ3v) is 4.61. The molecule has 0 fully saturated rings. The number of hydrogen-bond donors (Lipinski definition) is 1. The summed E-state index contributed by atoms with van der Waals surface area (Å²) in [6.45, 7) is 4.26. The molecule has 1 aliphatic heterocycles. The molecule has 5 heteroatoms. The molecule has 1 aliphatic rings. The Hall–Kier alpha value is -1.62. The first-order valence-corrected chi connectivity index (χ1v) is 6.92. The van der Waals surface area contributed by atoms with Gasteiger partial charge in [-0.25, -0.2) is 4.98 Å². The van der Waals surface area contributed by atoms with E-state index in [9.17, 15) is 0 Å². The molecular weight excluding hydrogens is 246 g/mol. The van der Waals surface area contributed by atoms with Crippen LogP contribution in [0, 0.1) is 0 Å². The number of pyridine rings is 1. The number of anilines is 1. The normalized spacial score (nSPS) is 15.7. The van der Waals surface area contributed by atoms with E-state index in [-0.39, 0.29) is 5.60 Å². The van der Waals surface area contributed by atoms with Crippen molar-refractivity contribution in [1.29, 1.82) is 0 Å². The molecule has 0 saturated heterocycles. The van der Waals surface area contributed by atoms with E-state index in [0.717, 1.165) is 34.7 Å². The zero-order chi connectivity index (χ0) is 12.8. The predicted octanol–water partition coefficient (Wildman–Crippen LogP) is 3.20. The second-order valence-electron chi connectivity index (χ2n) is 4.41. The summed E-state index contributed by atoms with van der Waals surface area (Å²) in [5.74, 6) is 0.805. The van der Waals surface area contributed by atoms with Crippen molar-refractivity contribution in [1.82, 2.24) is 9.97 Å². The lowest BCUT2D eigenvalue weighted by molar-refractivity contribution is 0.0578. The van der Waals surface area contributed by atoms with E-state index in [4.69, 9.17) is 10.5 Å². The van der Waals surface area contributed by atoms with Gasteiger partial charge in [0.2, 0.25) is 0 Å². The van der Waals surface area contributed by atoms with Gasteiger partial charge < -0.3 is 10.5 Å². The number of nitrogens with zero attached hydrogens (tertiary/aromatic N) is 2. The molecule has 0 amide bonds. The van der Waals surface area contributed by atoms with Gasteiger partial charge in [0, 0.05) is 11.8 Å². The van der Waals surface area contributed by atoms with Crippen molar-refractivity contribution in [2.24, 2.45) is 0 Å². The quantitative estimate of drug-likeness (QED) is 0.901. The van der Waals surface area contributed by atoms with Crippen LogP contribution in [0.3, 0.4) is 0 Å². The molecule has 0 radical (unpaired) electrons. The Labute approximate surface area is 110 Å². The van der Waals surface area contributed by atoms with Gasteiger partial charge >= 0.3 is 0 Å². The summed E-state index contributed by atoms with van der Waals surface area (Å²) in [6, 6.07) is 1.93. The van der Waals surface area contributed by atoms with E-state index in [1.807, 2.05) is 6.07 Å². The van der Waals surface area contributed by atoms with E-state index in [2.05, 4.69) is 23.8 Å². The molecule has 18 heavy (non-hydrogen) atoms. The van der Waals surface area contributed by atoms with Gasteiger partial charge in [-0.1, -0.05) is 25.2 Å². The summed E-state index contributed by atoms with van der Waals surface area (Å²) in [4.78, 5) is 9.75. The molecule has 0 atom stereocenters. The highest BCUT2D eigenvalue weighted by molar-refractivity contribution is 7.16. The highest BCUT2D eigenvalue weighted by Gasteiger charge is 2.41. The largest absolute Gasteiger partial charge is 0.479 e. The third-order valence-electron chi connectivity index (χ3n) is 3.54. The lowest BCUT2D eigenvalue weighted by Gasteiger charge is -2.36. The van der Waals surface area contributed by atoms with Crippen molar-refractivity contribution in [2.75, 3.05) is 5.73 Å². The Morgan fingerprint density at radius 2 is 2.17 bits per heavy atom. The first kappa shape index (κ1) is 11.5. The van der Waals surface area contributed by atoms with E-state index in [0.29, 0.717) is 5.13 Å². The van der Waals surface area contributed by atoms with Crippen LogP contribution in [0.25, 0.3) is 11.3 Å². The van der Waals surface area contributed by atoms with Crippen molar-refractivity contribution in [3.8, 4) is 17.0 Å². The zero-order valence-corrected chi connectivity index (χ0v) is 11.3. The molecule has 0 bridgehead atoms. The molecule has 4 nitrogen and oxygen atoms in total. The predicted molar refractivity (Wildman–Crippen MR) is 72.6 cm³/mol. The summed E-state index contributed by atoms with van der Waals surface area (Å²) in [7, 11) is 0. The van der Waals surface area contributed by atoms with Crippen LogP contribution in [0.2, 0.25) is 0 Å². The Morgan fingerprint density at radius 1 is 1.39 bits per heavy atom. The third kappa shape index (κ3) is 1.43. The van der Waals surface area contributed by atoms with Crippen LogP contribution in [0.4, 0.5) is 5.13 Å². The van der Waals surface area contributed by atoms with Gasteiger partial charge in [-0.3, -0.25) is 4.98 Å². The number of nitrogens with two attached hydrogens (primary N) is 1. The Bertz CT molecular complexity index is 590. The van der Waals surface area contributed by atoms with Crippen molar-refractivity contribution in [2.45, 2.75) is 32.3 Å². The van der Waals surface area contributed by atoms with Gasteiger partial charge in [0.05, 0.1) is 16.8 Å². The fraction of sp³-hybridized carbons (Fsp3) is 0.385. The standard InChI is InChI=1S/C13H15N3OS/c1-3-13(4-2)11-10(16-12(14)18-11)8-5-6-15-7-9(8)17-13/h5-7H,3-4H2,1-2H3,(H2,14,16). The van der Waals surface area contributed by atoms with Crippen molar-refractivity contribution < 1.29 is 4.74 Å². The molecule has 0 aliphatic carbocycles. The van der Waals surface area contributed by atoms with Gasteiger partial charge in [-0.2, -0.15) is 0 Å². The van der Waals surface area contributed by atoms with Crippen LogP contribution in [0.1, 0.15) is 31.6 Å². The summed E-state index contributed by atoms with van der Waals surface area (Å²) in [5.41, 5.74) is 7.53. The maximum Gasteiger partial charge on any atom is 0.180 e. The van der Waals surface area contributed by atoms with Crippen LogP contribution < -0.4 is 10.5 Å². The SMILES string of the molecule is CCC1(CC)Oc2cnccc2-c2nc(N)sc21. The average Bonchev–Trinajstić information content (AvgIpc) is 2.80. The molecule has 94 valence electrons. The first-order chi connectivity index (χ1) is 8.70. The van der Waals surface area contributed by atoms with Crippen LogP contribution >= 0.6 is 11.3 Å². The van der Waals surface area contributed by atoms with Gasteiger partial charge in [0.15, 0.2) is 5.13 Å². The monoisotopic (exact) mass is 261 g/mol. The van der Waals surface area contributed by atoms with E-state index in [1.54, 1.807) is 12.4 Å². The van der Waals surface area contributed by atoms with Crippen LogP contribution in [0.15, 0.2) is 18.5 Å². The fourth-order valence-corrected chi connectivity index (χ4v) is 3.57. The Kier molecular flexibility index (Phi) is 2.52. The summed E-state index contributed by atoms with van der Waals surface area (Å²) >= 11 is 1.53. The zero-order valence-electron chi connectivity index (χ0n) is 10.4. The van der Waals surface area contributed by atoms with Crippen molar-refractivity contribution in [3.05, 3.63) is 23.3 Å². The van der Waals surface area contributed by atoms with Crippen molar-refractivity contribution >= 4 is 16.5 Å². The maximum absolute atomic E-state index is 6.21. The molecular formula is C13H15N3OS. The number of thiazole rings is 1. The molecule has 2 aromatic heterocycles. The molecule has 2 N–H and O–H groups in total. The lowest BCUT2D eigenvalue weighted by atomic mass is 9.89. The van der Waals surface area contributed by atoms with E-state index >= 15 is 0 Å². The molecule has 0 spiro atoms. The molecule has 3 rings (SSSR count). The highest BCUT2D eigenvalue weighted by atomic mass is 32.1. The second kappa shape index (κ2) is 3.95. The van der Waals surface area contributed by atoms with Crippen LogP contribution in [-0.4, -0.2) is 9.97 Å². The second-order valence-corrected chi connectivity index (χ2v) is 5.44. The topological polar surface area (TPSA) is 61.0 Å². The smallest absolute Gasteiger partial charge is 0.180 e. The van der Waals surface area contributed by atoms with Crippen molar-refractivity contribution in [3.63, 3.8) is 0 Å². The molecule has 3 heterocycles. The van der Waals surface area contributed by atoms with Gasteiger partial charge in [0.25, 0.3) is 0 Å². The highest BCUT2D eigenvalue weighted by Crippen LogP contribution is 2.50. The minimum Gasteiger partial charge on any atom is -0.479 e. The van der Waals surface area contributed by atoms with Crippen LogP contribution in [-0.2, 0) is 5.60 Å². The van der Waals surface area contributed by atoms with Crippen LogP contribution in [0.5, 0.6) is 5.75 Å². The number of ether oxygens (including phenoxy) is 1. The molecule has 0 unspecified atom stereocenters. The summed E-state index contributed by atoms with van der Waals surface area (Å²) < 4.78 is 6.21. The lowest BCUT2D eigenvalue weighted by Crippen LogP contribution is -2.33. The fourth-order valence-electron chi connectivity index (χ4n) is 2.46.